The number of rotatable bonds is 7. The van der Waals surface area contributed by atoms with Crippen molar-refractivity contribution < 1.29 is 14.3 Å². The van der Waals surface area contributed by atoms with Gasteiger partial charge < -0.3 is 25.4 Å². The first-order valence-corrected chi connectivity index (χ1v) is 10.0. The Labute approximate surface area is 197 Å². The third-order valence-corrected chi connectivity index (χ3v) is 4.60. The SMILES string of the molecule is CN=C(NCC(=O)NC(C)(C)C)NCC(c1ccc(OC)cc1)N1CCOCC1.I. The van der Waals surface area contributed by atoms with Gasteiger partial charge in [0.25, 0.3) is 0 Å². The smallest absolute Gasteiger partial charge is 0.239 e. The van der Waals surface area contributed by atoms with Crippen LogP contribution in [0.25, 0.3) is 0 Å². The molecule has 0 saturated carbocycles. The molecule has 0 aliphatic carbocycles. The molecule has 0 bridgehead atoms. The zero-order valence-electron chi connectivity index (χ0n) is 18.7. The van der Waals surface area contributed by atoms with Crippen LogP contribution in [0.1, 0.15) is 32.4 Å². The van der Waals surface area contributed by atoms with Gasteiger partial charge in [-0.3, -0.25) is 14.7 Å². The van der Waals surface area contributed by atoms with E-state index < -0.39 is 0 Å². The number of benzene rings is 1. The van der Waals surface area contributed by atoms with Crippen LogP contribution in [-0.4, -0.2) is 75.9 Å². The molecule has 1 amide bonds. The molecule has 0 radical (unpaired) electrons. The average molecular weight is 533 g/mol. The van der Waals surface area contributed by atoms with E-state index in [0.29, 0.717) is 12.5 Å². The lowest BCUT2D eigenvalue weighted by atomic mass is 10.0. The number of aliphatic imine (C=N–C) groups is 1. The van der Waals surface area contributed by atoms with Crippen LogP contribution in [0.2, 0.25) is 0 Å². The Morgan fingerprint density at radius 2 is 1.83 bits per heavy atom. The molecule has 3 N–H and O–H groups in total. The molecule has 1 aromatic rings. The van der Waals surface area contributed by atoms with Crippen LogP contribution in [-0.2, 0) is 9.53 Å². The number of morpholine rings is 1. The number of guanidine groups is 1. The zero-order valence-corrected chi connectivity index (χ0v) is 21.0. The van der Waals surface area contributed by atoms with Gasteiger partial charge in [0.05, 0.1) is 32.9 Å². The molecule has 8 nitrogen and oxygen atoms in total. The zero-order chi connectivity index (χ0) is 21.3. The van der Waals surface area contributed by atoms with Crippen LogP contribution in [0, 0.1) is 0 Å². The summed E-state index contributed by atoms with van der Waals surface area (Å²) in [5.74, 6) is 1.37. The quantitative estimate of drug-likeness (QED) is 0.282. The Hall–Kier alpha value is -1.59. The summed E-state index contributed by atoms with van der Waals surface area (Å²) in [4.78, 5) is 18.7. The monoisotopic (exact) mass is 533 g/mol. The van der Waals surface area contributed by atoms with Gasteiger partial charge in [0, 0.05) is 32.2 Å². The molecule has 0 aromatic heterocycles. The normalized spacial score (nSPS) is 16.2. The van der Waals surface area contributed by atoms with Crippen LogP contribution in [0.3, 0.4) is 0 Å². The van der Waals surface area contributed by atoms with Crippen LogP contribution in [0.4, 0.5) is 0 Å². The second kappa shape index (κ2) is 13.0. The number of carbonyl (C=O) groups is 1. The number of nitrogens with one attached hydrogen (secondary N) is 3. The van der Waals surface area contributed by atoms with Gasteiger partial charge in [-0.1, -0.05) is 12.1 Å². The van der Waals surface area contributed by atoms with E-state index in [2.05, 4.69) is 38.0 Å². The standard InChI is InChI=1S/C21H35N5O3.HI/c1-21(2,3)25-19(27)15-24-20(22-4)23-14-18(26-10-12-29-13-11-26)16-6-8-17(28-5)9-7-16;/h6-9,18H,10-15H2,1-5H3,(H,25,27)(H2,22,23,24);1H. The first-order chi connectivity index (χ1) is 13.8. The van der Waals surface area contributed by atoms with E-state index in [1.165, 1.54) is 5.56 Å². The van der Waals surface area contributed by atoms with Crippen LogP contribution < -0.4 is 20.7 Å². The number of amides is 1. The van der Waals surface area contributed by atoms with Crippen molar-refractivity contribution in [3.05, 3.63) is 29.8 Å². The Morgan fingerprint density at radius 3 is 2.37 bits per heavy atom. The van der Waals surface area contributed by atoms with Gasteiger partial charge in [0.2, 0.25) is 5.91 Å². The van der Waals surface area contributed by atoms with E-state index in [9.17, 15) is 4.79 Å². The number of hydrogen-bond donors (Lipinski definition) is 3. The molecule has 1 aromatic carbocycles. The highest BCUT2D eigenvalue weighted by Crippen LogP contribution is 2.23. The summed E-state index contributed by atoms with van der Waals surface area (Å²) >= 11 is 0. The van der Waals surface area contributed by atoms with Crippen molar-refractivity contribution in [1.82, 2.24) is 20.9 Å². The maximum Gasteiger partial charge on any atom is 0.239 e. The van der Waals surface area contributed by atoms with E-state index in [4.69, 9.17) is 9.47 Å². The Morgan fingerprint density at radius 1 is 1.20 bits per heavy atom. The van der Waals surface area contributed by atoms with Gasteiger partial charge in [-0.15, -0.1) is 24.0 Å². The van der Waals surface area contributed by atoms with Gasteiger partial charge in [0.1, 0.15) is 5.75 Å². The number of ether oxygens (including phenoxy) is 2. The highest BCUT2D eigenvalue weighted by atomic mass is 127. The minimum atomic E-state index is -0.258. The molecule has 170 valence electrons. The molecule has 1 unspecified atom stereocenters. The predicted molar refractivity (Wildman–Crippen MR) is 131 cm³/mol. The lowest BCUT2D eigenvalue weighted by Crippen LogP contribution is -2.50. The Bertz CT molecular complexity index is 670. The van der Waals surface area contributed by atoms with Gasteiger partial charge >= 0.3 is 0 Å². The lowest BCUT2D eigenvalue weighted by Gasteiger charge is -2.35. The minimum Gasteiger partial charge on any atom is -0.497 e. The number of carbonyl (C=O) groups excluding carboxylic acids is 1. The second-order valence-electron chi connectivity index (χ2n) is 8.04. The number of methoxy groups -OCH3 is 1. The topological polar surface area (TPSA) is 87.2 Å². The fraction of sp³-hybridized carbons (Fsp3) is 0.619. The van der Waals surface area contributed by atoms with E-state index in [-0.39, 0.29) is 48.0 Å². The lowest BCUT2D eigenvalue weighted by molar-refractivity contribution is -0.121. The van der Waals surface area contributed by atoms with Crippen LogP contribution in [0.15, 0.2) is 29.3 Å². The summed E-state index contributed by atoms with van der Waals surface area (Å²) in [6.45, 7) is 9.91. The highest BCUT2D eigenvalue weighted by molar-refractivity contribution is 14.0. The first-order valence-electron chi connectivity index (χ1n) is 10.0. The third kappa shape index (κ3) is 9.05. The van der Waals surface area contributed by atoms with Crippen molar-refractivity contribution >= 4 is 35.8 Å². The maximum absolute atomic E-state index is 12.1. The van der Waals surface area contributed by atoms with Crippen LogP contribution in [0.5, 0.6) is 5.75 Å². The molecular weight excluding hydrogens is 497 g/mol. The van der Waals surface area contributed by atoms with Crippen molar-refractivity contribution in [3.8, 4) is 5.75 Å². The van der Waals surface area contributed by atoms with Gasteiger partial charge in [0.15, 0.2) is 5.96 Å². The maximum atomic E-state index is 12.1. The molecule has 1 fully saturated rings. The predicted octanol–water partition coefficient (Wildman–Crippen LogP) is 1.77. The Kier molecular flexibility index (Phi) is 11.4. The van der Waals surface area contributed by atoms with Crippen molar-refractivity contribution in [2.45, 2.75) is 32.4 Å². The summed E-state index contributed by atoms with van der Waals surface area (Å²) in [6, 6.07) is 8.30. The van der Waals surface area contributed by atoms with Gasteiger partial charge in [-0.25, -0.2) is 0 Å². The minimum absolute atomic E-state index is 0. The van der Waals surface area contributed by atoms with Crippen molar-refractivity contribution in [2.75, 3.05) is 53.6 Å². The van der Waals surface area contributed by atoms with Gasteiger partial charge in [-0.05, 0) is 38.5 Å². The molecule has 1 heterocycles. The summed E-state index contributed by atoms with van der Waals surface area (Å²) in [5.41, 5.74) is 0.937. The molecule has 30 heavy (non-hydrogen) atoms. The van der Waals surface area contributed by atoms with Crippen LogP contribution >= 0.6 is 24.0 Å². The van der Waals surface area contributed by atoms with E-state index >= 15 is 0 Å². The molecule has 1 aliphatic rings. The number of hydrogen-bond acceptors (Lipinski definition) is 5. The van der Waals surface area contributed by atoms with Gasteiger partial charge in [-0.2, -0.15) is 0 Å². The number of halogens is 1. The molecule has 1 aliphatic heterocycles. The molecule has 1 saturated heterocycles. The van der Waals surface area contributed by atoms with E-state index in [0.717, 1.165) is 32.1 Å². The molecular formula is C21H36IN5O3. The fourth-order valence-electron chi connectivity index (χ4n) is 3.21. The van der Waals surface area contributed by atoms with E-state index in [1.54, 1.807) is 14.2 Å². The molecule has 2 rings (SSSR count). The summed E-state index contributed by atoms with van der Waals surface area (Å²) in [5, 5.41) is 9.37. The largest absolute Gasteiger partial charge is 0.497 e. The average Bonchev–Trinajstić information content (AvgIpc) is 2.70. The fourth-order valence-corrected chi connectivity index (χ4v) is 3.21. The summed E-state index contributed by atoms with van der Waals surface area (Å²) in [7, 11) is 3.37. The second-order valence-corrected chi connectivity index (χ2v) is 8.04. The van der Waals surface area contributed by atoms with Crippen molar-refractivity contribution in [1.29, 1.82) is 0 Å². The molecule has 9 heteroatoms. The molecule has 1 atom stereocenters. The number of nitrogens with zero attached hydrogens (tertiary/aromatic N) is 2. The Balaban J connectivity index is 0.00000450. The summed E-state index contributed by atoms with van der Waals surface area (Å²) in [6.07, 6.45) is 0. The van der Waals surface area contributed by atoms with Crippen molar-refractivity contribution in [3.63, 3.8) is 0 Å². The van der Waals surface area contributed by atoms with Crippen molar-refractivity contribution in [2.24, 2.45) is 4.99 Å². The third-order valence-electron chi connectivity index (χ3n) is 4.60. The first kappa shape index (κ1) is 26.4. The summed E-state index contributed by atoms with van der Waals surface area (Å²) < 4.78 is 10.8. The molecule has 0 spiro atoms. The van der Waals surface area contributed by atoms with E-state index in [1.807, 2.05) is 32.9 Å². The highest BCUT2D eigenvalue weighted by Gasteiger charge is 2.23.